The fourth-order valence-electron chi connectivity index (χ4n) is 2.05. The monoisotopic (exact) mass is 303 g/mol. The van der Waals surface area contributed by atoms with Gasteiger partial charge in [-0.05, 0) is 30.2 Å². The predicted molar refractivity (Wildman–Crippen MR) is 76.2 cm³/mol. The van der Waals surface area contributed by atoms with Gasteiger partial charge < -0.3 is 10.3 Å². The normalized spacial score (nSPS) is 10.3. The van der Waals surface area contributed by atoms with E-state index in [9.17, 15) is 0 Å². The van der Waals surface area contributed by atoms with Crippen molar-refractivity contribution < 1.29 is 0 Å². The van der Waals surface area contributed by atoms with E-state index in [-0.39, 0.29) is 0 Å². The number of nitrogens with two attached hydrogens (primary N) is 1. The van der Waals surface area contributed by atoms with Crippen molar-refractivity contribution in [3.63, 3.8) is 0 Å². The van der Waals surface area contributed by atoms with E-state index >= 15 is 0 Å². The Morgan fingerprint density at radius 2 is 2.00 bits per heavy atom. The minimum absolute atomic E-state index is 0.618. The van der Waals surface area contributed by atoms with Crippen LogP contribution in [0.15, 0.2) is 34.8 Å². The van der Waals surface area contributed by atoms with Crippen molar-refractivity contribution in [1.29, 1.82) is 5.26 Å². The highest BCUT2D eigenvalue weighted by Crippen LogP contribution is 2.21. The lowest BCUT2D eigenvalue weighted by Crippen LogP contribution is -2.07. The van der Waals surface area contributed by atoms with Gasteiger partial charge in [0, 0.05) is 16.7 Å². The summed E-state index contributed by atoms with van der Waals surface area (Å²) in [6.07, 6.45) is 0.823. The molecule has 0 saturated heterocycles. The molecule has 1 aromatic heterocycles. The summed E-state index contributed by atoms with van der Waals surface area (Å²) >= 11 is 3.41. The Morgan fingerprint density at radius 1 is 1.33 bits per heavy atom. The van der Waals surface area contributed by atoms with Crippen molar-refractivity contribution >= 4 is 21.6 Å². The van der Waals surface area contributed by atoms with Crippen LogP contribution in [0, 0.1) is 11.3 Å². The molecule has 0 fully saturated rings. The van der Waals surface area contributed by atoms with Gasteiger partial charge in [-0.1, -0.05) is 35.0 Å². The maximum absolute atomic E-state index is 9.14. The van der Waals surface area contributed by atoms with Gasteiger partial charge in [0.1, 0.15) is 11.8 Å². The summed E-state index contributed by atoms with van der Waals surface area (Å²) in [6.45, 7) is 2.72. The number of nitrogens with zero attached hydrogens (tertiary/aromatic N) is 2. The van der Waals surface area contributed by atoms with Crippen LogP contribution >= 0.6 is 15.9 Å². The van der Waals surface area contributed by atoms with Crippen molar-refractivity contribution in [3.05, 3.63) is 51.8 Å². The first-order valence-electron chi connectivity index (χ1n) is 5.78. The van der Waals surface area contributed by atoms with Crippen LogP contribution in [-0.4, -0.2) is 4.57 Å². The molecule has 0 aliphatic carbocycles. The minimum atomic E-state index is 0.618. The topological polar surface area (TPSA) is 54.7 Å². The summed E-state index contributed by atoms with van der Waals surface area (Å²) in [5.41, 5.74) is 9.42. The first-order chi connectivity index (χ1) is 8.65. The Labute approximate surface area is 115 Å². The molecule has 0 unspecified atom stereocenters. The van der Waals surface area contributed by atoms with Crippen LogP contribution in [0.4, 0.5) is 5.69 Å². The highest BCUT2D eigenvalue weighted by Gasteiger charge is 2.11. The van der Waals surface area contributed by atoms with Gasteiger partial charge in [0.2, 0.25) is 0 Å². The lowest BCUT2D eigenvalue weighted by Gasteiger charge is -2.10. The predicted octanol–water partition coefficient (Wildman–Crippen LogP) is 3.32. The molecule has 0 radical (unpaired) electrons. The average Bonchev–Trinajstić information content (AvgIpc) is 2.67. The zero-order valence-corrected chi connectivity index (χ0v) is 11.7. The van der Waals surface area contributed by atoms with E-state index < -0.39 is 0 Å². The smallest absolute Gasteiger partial charge is 0.122 e. The van der Waals surface area contributed by atoms with E-state index in [1.807, 2.05) is 35.8 Å². The number of nitrogen functional groups attached to an aromatic ring is 1. The summed E-state index contributed by atoms with van der Waals surface area (Å²) in [5, 5.41) is 9.14. The molecular formula is C14H14BrN3. The summed E-state index contributed by atoms with van der Waals surface area (Å²) < 4.78 is 3.04. The van der Waals surface area contributed by atoms with Crippen LogP contribution < -0.4 is 5.73 Å². The molecule has 0 atom stereocenters. The molecule has 1 heterocycles. The zero-order chi connectivity index (χ0) is 13.1. The van der Waals surface area contributed by atoms with Crippen LogP contribution in [0.1, 0.15) is 23.9 Å². The minimum Gasteiger partial charge on any atom is -0.397 e. The number of aromatic nitrogens is 1. The van der Waals surface area contributed by atoms with Gasteiger partial charge in [-0.2, -0.15) is 5.26 Å². The molecule has 0 aliphatic rings. The van der Waals surface area contributed by atoms with Crippen molar-refractivity contribution in [3.8, 4) is 6.07 Å². The lowest BCUT2D eigenvalue weighted by atomic mass is 10.2. The average molecular weight is 304 g/mol. The van der Waals surface area contributed by atoms with Gasteiger partial charge in [-0.25, -0.2) is 0 Å². The van der Waals surface area contributed by atoms with Crippen LogP contribution in [0.25, 0.3) is 0 Å². The molecule has 18 heavy (non-hydrogen) atoms. The first kappa shape index (κ1) is 12.7. The van der Waals surface area contributed by atoms with Crippen LogP contribution in [0.3, 0.4) is 0 Å². The molecule has 0 bridgehead atoms. The van der Waals surface area contributed by atoms with Crippen molar-refractivity contribution in [2.24, 2.45) is 0 Å². The van der Waals surface area contributed by atoms with Gasteiger partial charge >= 0.3 is 0 Å². The van der Waals surface area contributed by atoms with E-state index in [4.69, 9.17) is 11.0 Å². The zero-order valence-electron chi connectivity index (χ0n) is 10.2. The maximum atomic E-state index is 9.14. The standard InChI is InChI=1S/C14H14BrN3/c1-2-14-13(17)7-12(8-16)18(14)9-10-3-5-11(15)6-4-10/h3-7H,2,9,17H2,1H3. The van der Waals surface area contributed by atoms with Gasteiger partial charge in [-0.3, -0.25) is 0 Å². The molecule has 4 heteroatoms. The quantitative estimate of drug-likeness (QED) is 0.945. The molecule has 2 rings (SSSR count). The van der Waals surface area contributed by atoms with E-state index in [0.717, 1.165) is 22.2 Å². The molecule has 2 N–H and O–H groups in total. The van der Waals surface area contributed by atoms with Crippen LogP contribution in [0.5, 0.6) is 0 Å². The molecule has 1 aromatic carbocycles. The largest absolute Gasteiger partial charge is 0.397 e. The Bertz CT molecular complexity index is 591. The Kier molecular flexibility index (Phi) is 3.73. The number of halogens is 1. The first-order valence-corrected chi connectivity index (χ1v) is 6.57. The number of hydrogen-bond donors (Lipinski definition) is 1. The molecule has 92 valence electrons. The van der Waals surface area contributed by atoms with Crippen molar-refractivity contribution in [2.45, 2.75) is 19.9 Å². The highest BCUT2D eigenvalue weighted by molar-refractivity contribution is 9.10. The second kappa shape index (κ2) is 5.28. The Hall–Kier alpha value is -1.73. The third kappa shape index (κ3) is 2.41. The van der Waals surface area contributed by atoms with Crippen LogP contribution in [-0.2, 0) is 13.0 Å². The van der Waals surface area contributed by atoms with Gasteiger partial charge in [0.05, 0.1) is 5.69 Å². The highest BCUT2D eigenvalue weighted by atomic mass is 79.9. The number of hydrogen-bond acceptors (Lipinski definition) is 2. The third-order valence-electron chi connectivity index (χ3n) is 2.95. The number of nitriles is 1. The second-order valence-electron chi connectivity index (χ2n) is 4.11. The molecular weight excluding hydrogens is 290 g/mol. The van der Waals surface area contributed by atoms with E-state index in [0.29, 0.717) is 17.9 Å². The number of benzene rings is 1. The van der Waals surface area contributed by atoms with Gasteiger partial charge in [0.15, 0.2) is 0 Å². The van der Waals surface area contributed by atoms with Gasteiger partial charge in [0.25, 0.3) is 0 Å². The third-order valence-corrected chi connectivity index (χ3v) is 3.47. The van der Waals surface area contributed by atoms with E-state index in [2.05, 4.69) is 22.0 Å². The summed E-state index contributed by atoms with van der Waals surface area (Å²) in [6, 6.07) is 12.0. The molecule has 0 spiro atoms. The SMILES string of the molecule is CCc1c(N)cc(C#N)n1Cc1ccc(Br)cc1. The molecule has 0 aliphatic heterocycles. The maximum Gasteiger partial charge on any atom is 0.122 e. The second-order valence-corrected chi connectivity index (χ2v) is 5.03. The van der Waals surface area contributed by atoms with Crippen molar-refractivity contribution in [1.82, 2.24) is 4.57 Å². The van der Waals surface area contributed by atoms with Crippen molar-refractivity contribution in [2.75, 3.05) is 5.73 Å². The Balaban J connectivity index is 2.39. The fourth-order valence-corrected chi connectivity index (χ4v) is 2.31. The summed E-state index contributed by atoms with van der Waals surface area (Å²) in [5.74, 6) is 0. The lowest BCUT2D eigenvalue weighted by molar-refractivity contribution is 0.742. The molecule has 0 saturated carbocycles. The number of rotatable bonds is 3. The fraction of sp³-hybridized carbons (Fsp3) is 0.214. The molecule has 2 aromatic rings. The van der Waals surface area contributed by atoms with Crippen LogP contribution in [0.2, 0.25) is 0 Å². The van der Waals surface area contributed by atoms with Gasteiger partial charge in [-0.15, -0.1) is 0 Å². The molecule has 3 nitrogen and oxygen atoms in total. The number of anilines is 1. The summed E-state index contributed by atoms with van der Waals surface area (Å²) in [4.78, 5) is 0. The Morgan fingerprint density at radius 3 is 2.56 bits per heavy atom. The van der Waals surface area contributed by atoms with E-state index in [1.165, 1.54) is 0 Å². The summed E-state index contributed by atoms with van der Waals surface area (Å²) in [7, 11) is 0. The van der Waals surface area contributed by atoms with E-state index in [1.54, 1.807) is 6.07 Å². The molecule has 0 amide bonds.